The molecule has 1 rings (SSSR count). The van der Waals surface area contributed by atoms with E-state index in [2.05, 4.69) is 15.6 Å². The van der Waals surface area contributed by atoms with Gasteiger partial charge in [-0.05, 0) is 0 Å². The molecule has 9 nitrogen and oxygen atoms in total. The van der Waals surface area contributed by atoms with E-state index >= 15 is 0 Å². The Hall–Kier alpha value is -2.00. The maximum absolute atomic E-state index is 11.4. The Morgan fingerprint density at radius 3 is 2.94 bits per heavy atom. The number of amides is 1. The molecule has 1 unspecified atom stereocenters. The molecule has 0 fully saturated rings. The van der Waals surface area contributed by atoms with Gasteiger partial charge in [0.15, 0.2) is 5.69 Å². The Kier molecular flexibility index (Phi) is 5.21. The number of carbonyl (C=O) groups is 2. The number of aromatic nitrogens is 3. The number of carbonyl (C=O) groups excluding carboxylic acids is 1. The van der Waals surface area contributed by atoms with Crippen molar-refractivity contribution in [2.45, 2.75) is 12.6 Å². The third-order valence-corrected chi connectivity index (χ3v) is 2.08. The second kappa shape index (κ2) is 6.67. The number of carboxylic acid groups (broad SMARTS) is 1. The van der Waals surface area contributed by atoms with E-state index in [-0.39, 0.29) is 24.8 Å². The summed E-state index contributed by atoms with van der Waals surface area (Å²) in [6.07, 6.45) is 1.28. The lowest BCUT2D eigenvalue weighted by molar-refractivity contribution is -0.123. The van der Waals surface area contributed by atoms with Gasteiger partial charge >= 0.3 is 5.97 Å². The minimum absolute atomic E-state index is 0.137. The molecule has 0 aliphatic carbocycles. The van der Waals surface area contributed by atoms with Gasteiger partial charge in [0.2, 0.25) is 5.91 Å². The second-order valence-electron chi connectivity index (χ2n) is 3.52. The molecule has 0 saturated carbocycles. The van der Waals surface area contributed by atoms with Crippen LogP contribution in [0.1, 0.15) is 10.5 Å². The lowest BCUT2D eigenvalue weighted by Crippen LogP contribution is -2.44. The summed E-state index contributed by atoms with van der Waals surface area (Å²) in [6, 6.07) is -0.722. The minimum Gasteiger partial charge on any atom is -0.476 e. The average molecular weight is 257 g/mol. The SMILES string of the molecule is COCC(N)C(=O)NCCn1cc(C(=O)O)nn1. The van der Waals surface area contributed by atoms with Crippen LogP contribution in [0.25, 0.3) is 0 Å². The molecule has 1 aromatic heterocycles. The highest BCUT2D eigenvalue weighted by Gasteiger charge is 2.12. The van der Waals surface area contributed by atoms with Crippen molar-refractivity contribution in [2.24, 2.45) is 5.73 Å². The number of hydrogen-bond acceptors (Lipinski definition) is 6. The summed E-state index contributed by atoms with van der Waals surface area (Å²) < 4.78 is 6.07. The van der Waals surface area contributed by atoms with E-state index in [0.717, 1.165) is 0 Å². The van der Waals surface area contributed by atoms with Gasteiger partial charge in [-0.3, -0.25) is 4.79 Å². The second-order valence-corrected chi connectivity index (χ2v) is 3.52. The van der Waals surface area contributed by atoms with Crippen molar-refractivity contribution in [1.29, 1.82) is 0 Å². The number of nitrogens with one attached hydrogen (secondary N) is 1. The molecule has 0 saturated heterocycles. The highest BCUT2D eigenvalue weighted by atomic mass is 16.5. The number of hydrogen-bond donors (Lipinski definition) is 3. The fourth-order valence-electron chi connectivity index (χ4n) is 1.19. The van der Waals surface area contributed by atoms with E-state index in [0.29, 0.717) is 6.54 Å². The first kappa shape index (κ1) is 14.1. The zero-order chi connectivity index (χ0) is 13.5. The van der Waals surface area contributed by atoms with Crippen LogP contribution in [0.4, 0.5) is 0 Å². The molecule has 0 radical (unpaired) electrons. The molecule has 0 aromatic carbocycles. The Balaban J connectivity index is 2.32. The summed E-state index contributed by atoms with van der Waals surface area (Å²) >= 11 is 0. The van der Waals surface area contributed by atoms with Gasteiger partial charge in [-0.25, -0.2) is 9.48 Å². The molecule has 0 aliphatic heterocycles. The van der Waals surface area contributed by atoms with Gasteiger partial charge < -0.3 is 20.9 Å². The van der Waals surface area contributed by atoms with Gasteiger partial charge in [0.25, 0.3) is 0 Å². The maximum Gasteiger partial charge on any atom is 0.358 e. The largest absolute Gasteiger partial charge is 0.476 e. The first-order valence-corrected chi connectivity index (χ1v) is 5.20. The first-order chi connectivity index (χ1) is 8.54. The molecule has 1 atom stereocenters. The fraction of sp³-hybridized carbons (Fsp3) is 0.556. The highest BCUT2D eigenvalue weighted by Crippen LogP contribution is 1.92. The van der Waals surface area contributed by atoms with Crippen LogP contribution >= 0.6 is 0 Å². The summed E-state index contributed by atoms with van der Waals surface area (Å²) in [5, 5.41) is 18.2. The highest BCUT2D eigenvalue weighted by molar-refractivity contribution is 5.84. The van der Waals surface area contributed by atoms with Gasteiger partial charge in [-0.2, -0.15) is 0 Å². The molecule has 1 heterocycles. The van der Waals surface area contributed by atoms with Gasteiger partial charge in [-0.1, -0.05) is 5.21 Å². The summed E-state index contributed by atoms with van der Waals surface area (Å²) in [5.41, 5.74) is 5.36. The van der Waals surface area contributed by atoms with E-state index in [1.54, 1.807) is 0 Å². The van der Waals surface area contributed by atoms with E-state index in [1.807, 2.05) is 0 Å². The van der Waals surface area contributed by atoms with Gasteiger partial charge in [0, 0.05) is 13.7 Å². The lowest BCUT2D eigenvalue weighted by atomic mass is 10.3. The monoisotopic (exact) mass is 257 g/mol. The molecule has 9 heteroatoms. The normalized spacial score (nSPS) is 12.1. The summed E-state index contributed by atoms with van der Waals surface area (Å²) in [7, 11) is 1.45. The van der Waals surface area contributed by atoms with Crippen molar-refractivity contribution in [3.63, 3.8) is 0 Å². The van der Waals surface area contributed by atoms with Gasteiger partial charge in [0.1, 0.15) is 6.04 Å². The molecular weight excluding hydrogens is 242 g/mol. The van der Waals surface area contributed by atoms with Gasteiger partial charge in [0.05, 0.1) is 19.3 Å². The molecular formula is C9H15N5O4. The third-order valence-electron chi connectivity index (χ3n) is 2.08. The van der Waals surface area contributed by atoms with Crippen LogP contribution in [-0.4, -0.2) is 58.3 Å². The van der Waals surface area contributed by atoms with Gasteiger partial charge in [-0.15, -0.1) is 5.10 Å². The number of nitrogens with two attached hydrogens (primary N) is 1. The Bertz CT molecular complexity index is 419. The zero-order valence-electron chi connectivity index (χ0n) is 9.87. The third kappa shape index (κ3) is 4.11. The molecule has 100 valence electrons. The van der Waals surface area contributed by atoms with Crippen LogP contribution in [0, 0.1) is 0 Å². The lowest BCUT2D eigenvalue weighted by Gasteiger charge is -2.10. The Morgan fingerprint density at radius 1 is 1.67 bits per heavy atom. The molecule has 0 aliphatic rings. The standard InChI is InChI=1S/C9H15N5O4/c1-18-5-6(10)8(15)11-2-3-14-4-7(9(16)17)12-13-14/h4,6H,2-3,5,10H2,1H3,(H,11,15)(H,16,17). The van der Waals surface area contributed by atoms with Crippen LogP contribution in [0.5, 0.6) is 0 Å². The number of nitrogens with zero attached hydrogens (tertiary/aromatic N) is 3. The van der Waals surface area contributed by atoms with E-state index in [1.165, 1.54) is 18.0 Å². The van der Waals surface area contributed by atoms with Crippen molar-refractivity contribution in [3.8, 4) is 0 Å². The van der Waals surface area contributed by atoms with Crippen molar-refractivity contribution >= 4 is 11.9 Å². The molecule has 0 bridgehead atoms. The van der Waals surface area contributed by atoms with Crippen LogP contribution in [0.15, 0.2) is 6.20 Å². The number of methoxy groups -OCH3 is 1. The number of rotatable bonds is 7. The molecule has 18 heavy (non-hydrogen) atoms. The van der Waals surface area contributed by atoms with Crippen LogP contribution in [0.2, 0.25) is 0 Å². The molecule has 1 amide bonds. The zero-order valence-corrected chi connectivity index (χ0v) is 9.87. The van der Waals surface area contributed by atoms with Crippen molar-refractivity contribution in [2.75, 3.05) is 20.3 Å². The predicted molar refractivity (Wildman–Crippen MR) is 59.8 cm³/mol. The first-order valence-electron chi connectivity index (χ1n) is 5.20. The number of carboxylic acids is 1. The smallest absolute Gasteiger partial charge is 0.358 e. The number of ether oxygens (including phenoxy) is 1. The minimum atomic E-state index is -1.15. The molecule has 0 spiro atoms. The molecule has 4 N–H and O–H groups in total. The summed E-state index contributed by atoms with van der Waals surface area (Å²) in [6.45, 7) is 0.725. The van der Waals surface area contributed by atoms with Crippen molar-refractivity contribution in [1.82, 2.24) is 20.3 Å². The summed E-state index contributed by atoms with van der Waals surface area (Å²) in [5.74, 6) is -1.48. The van der Waals surface area contributed by atoms with Crippen LogP contribution < -0.4 is 11.1 Å². The van der Waals surface area contributed by atoms with E-state index < -0.39 is 12.0 Å². The quantitative estimate of drug-likeness (QED) is 0.518. The van der Waals surface area contributed by atoms with Crippen LogP contribution in [0.3, 0.4) is 0 Å². The van der Waals surface area contributed by atoms with Crippen molar-refractivity contribution < 1.29 is 19.4 Å². The van der Waals surface area contributed by atoms with Crippen LogP contribution in [-0.2, 0) is 16.1 Å². The van der Waals surface area contributed by atoms with E-state index in [9.17, 15) is 9.59 Å². The average Bonchev–Trinajstić information content (AvgIpc) is 2.78. The topological polar surface area (TPSA) is 132 Å². The Morgan fingerprint density at radius 2 is 2.39 bits per heavy atom. The number of aromatic carboxylic acids is 1. The summed E-state index contributed by atoms with van der Waals surface area (Å²) in [4.78, 5) is 21.9. The Labute approximate surface area is 103 Å². The fourth-order valence-corrected chi connectivity index (χ4v) is 1.19. The predicted octanol–water partition coefficient (Wildman–Crippen LogP) is -1.93. The molecule has 1 aromatic rings. The van der Waals surface area contributed by atoms with Crippen molar-refractivity contribution in [3.05, 3.63) is 11.9 Å². The van der Waals surface area contributed by atoms with E-state index in [4.69, 9.17) is 15.6 Å². The maximum atomic E-state index is 11.4.